The van der Waals surface area contributed by atoms with Gasteiger partial charge in [-0.3, -0.25) is 9.59 Å². The van der Waals surface area contributed by atoms with Crippen LogP contribution < -0.4 is 11.1 Å². The SMILES string of the molecule is Cc1cc(C(N)=O)c(NC(=O)c2ncn(-c3ccccc3)n2)s1. The second-order valence-electron chi connectivity index (χ2n) is 4.77. The first-order chi connectivity index (χ1) is 11.0. The predicted molar refractivity (Wildman–Crippen MR) is 86.9 cm³/mol. The average Bonchev–Trinajstić information content (AvgIpc) is 3.15. The highest BCUT2D eigenvalue weighted by Gasteiger charge is 2.18. The zero-order valence-electron chi connectivity index (χ0n) is 12.2. The van der Waals surface area contributed by atoms with E-state index in [1.54, 1.807) is 6.07 Å². The number of nitrogens with one attached hydrogen (secondary N) is 1. The van der Waals surface area contributed by atoms with Gasteiger partial charge in [0.15, 0.2) is 0 Å². The Morgan fingerprint density at radius 1 is 1.26 bits per heavy atom. The fourth-order valence-corrected chi connectivity index (χ4v) is 2.93. The van der Waals surface area contributed by atoms with E-state index in [4.69, 9.17) is 5.73 Å². The predicted octanol–water partition coefficient (Wildman–Crippen LogP) is 1.99. The van der Waals surface area contributed by atoms with Gasteiger partial charge in [-0.2, -0.15) is 0 Å². The third-order valence-corrected chi connectivity index (χ3v) is 4.03. The molecule has 2 heterocycles. The summed E-state index contributed by atoms with van der Waals surface area (Å²) in [5.74, 6) is -1.08. The standard InChI is InChI=1S/C15H13N5O2S/c1-9-7-11(12(16)21)15(23-9)18-14(22)13-17-8-20(19-13)10-5-3-2-4-6-10/h2-8H,1H3,(H2,16,21)(H,18,22). The van der Waals surface area contributed by atoms with E-state index in [0.29, 0.717) is 5.00 Å². The number of primary amides is 1. The zero-order valence-corrected chi connectivity index (χ0v) is 13.0. The molecule has 0 saturated heterocycles. The van der Waals surface area contributed by atoms with Gasteiger partial charge < -0.3 is 11.1 Å². The van der Waals surface area contributed by atoms with Crippen LogP contribution in [0.15, 0.2) is 42.7 Å². The normalized spacial score (nSPS) is 10.5. The van der Waals surface area contributed by atoms with Crippen molar-refractivity contribution in [1.29, 1.82) is 0 Å². The van der Waals surface area contributed by atoms with Crippen molar-refractivity contribution >= 4 is 28.2 Å². The molecule has 0 aliphatic heterocycles. The van der Waals surface area contributed by atoms with Crippen LogP contribution in [-0.4, -0.2) is 26.6 Å². The van der Waals surface area contributed by atoms with E-state index in [1.807, 2.05) is 37.3 Å². The van der Waals surface area contributed by atoms with Gasteiger partial charge in [0.1, 0.15) is 11.3 Å². The van der Waals surface area contributed by atoms with Crippen LogP contribution in [-0.2, 0) is 0 Å². The number of aryl methyl sites for hydroxylation is 1. The number of anilines is 1. The summed E-state index contributed by atoms with van der Waals surface area (Å²) in [5, 5.41) is 7.17. The Bertz CT molecular complexity index is 869. The van der Waals surface area contributed by atoms with Crippen LogP contribution in [0.25, 0.3) is 5.69 Å². The second-order valence-corrected chi connectivity index (χ2v) is 6.02. The van der Waals surface area contributed by atoms with Gasteiger partial charge in [-0.15, -0.1) is 16.4 Å². The van der Waals surface area contributed by atoms with Crippen LogP contribution in [0.4, 0.5) is 5.00 Å². The van der Waals surface area contributed by atoms with Gasteiger partial charge in [0.25, 0.3) is 11.8 Å². The van der Waals surface area contributed by atoms with Crippen LogP contribution in [0.3, 0.4) is 0 Å². The molecule has 0 aliphatic rings. The molecule has 2 amide bonds. The third kappa shape index (κ3) is 3.11. The maximum Gasteiger partial charge on any atom is 0.295 e. The molecule has 7 nitrogen and oxygen atoms in total. The minimum Gasteiger partial charge on any atom is -0.366 e. The van der Waals surface area contributed by atoms with E-state index in [0.717, 1.165) is 10.6 Å². The molecular formula is C15H13N5O2S. The molecule has 116 valence electrons. The van der Waals surface area contributed by atoms with Gasteiger partial charge >= 0.3 is 0 Å². The van der Waals surface area contributed by atoms with Crippen LogP contribution in [0.1, 0.15) is 25.9 Å². The molecule has 3 N–H and O–H groups in total. The number of aromatic nitrogens is 3. The van der Waals surface area contributed by atoms with Gasteiger partial charge in [0, 0.05) is 4.88 Å². The monoisotopic (exact) mass is 327 g/mol. The van der Waals surface area contributed by atoms with Crippen LogP contribution >= 0.6 is 11.3 Å². The summed E-state index contributed by atoms with van der Waals surface area (Å²) in [7, 11) is 0. The number of carbonyl (C=O) groups excluding carboxylic acids is 2. The quantitative estimate of drug-likeness (QED) is 0.765. The molecule has 0 unspecified atom stereocenters. The Balaban J connectivity index is 1.82. The molecule has 0 bridgehead atoms. The summed E-state index contributed by atoms with van der Waals surface area (Å²) in [4.78, 5) is 28.5. The van der Waals surface area contributed by atoms with E-state index in [9.17, 15) is 9.59 Å². The summed E-state index contributed by atoms with van der Waals surface area (Å²) < 4.78 is 1.50. The Morgan fingerprint density at radius 2 is 2.00 bits per heavy atom. The number of para-hydroxylation sites is 1. The highest BCUT2D eigenvalue weighted by Crippen LogP contribution is 2.27. The van der Waals surface area contributed by atoms with Crippen molar-refractivity contribution in [1.82, 2.24) is 14.8 Å². The molecule has 23 heavy (non-hydrogen) atoms. The molecule has 0 spiro atoms. The van der Waals surface area contributed by atoms with Crippen molar-refractivity contribution in [3.63, 3.8) is 0 Å². The number of nitrogens with zero attached hydrogens (tertiary/aromatic N) is 3. The van der Waals surface area contributed by atoms with Gasteiger partial charge in [-0.25, -0.2) is 9.67 Å². The van der Waals surface area contributed by atoms with Crippen molar-refractivity contribution in [3.05, 3.63) is 59.0 Å². The molecule has 0 aliphatic carbocycles. The lowest BCUT2D eigenvalue weighted by Gasteiger charge is -2.01. The van der Waals surface area contributed by atoms with Crippen LogP contribution in [0, 0.1) is 6.92 Å². The molecule has 0 fully saturated rings. The van der Waals surface area contributed by atoms with Crippen molar-refractivity contribution in [2.45, 2.75) is 6.92 Å². The number of carbonyl (C=O) groups is 2. The summed E-state index contributed by atoms with van der Waals surface area (Å²) >= 11 is 1.27. The lowest BCUT2D eigenvalue weighted by molar-refractivity contribution is 0.100. The van der Waals surface area contributed by atoms with Crippen molar-refractivity contribution in [3.8, 4) is 5.69 Å². The number of benzene rings is 1. The third-order valence-electron chi connectivity index (χ3n) is 3.06. The Kier molecular flexibility index (Phi) is 3.90. The molecule has 0 radical (unpaired) electrons. The maximum atomic E-state index is 12.2. The van der Waals surface area contributed by atoms with Gasteiger partial charge in [0.05, 0.1) is 11.3 Å². The summed E-state index contributed by atoms with van der Waals surface area (Å²) in [6.45, 7) is 1.83. The first kappa shape index (κ1) is 14.9. The zero-order chi connectivity index (χ0) is 16.4. The van der Waals surface area contributed by atoms with E-state index in [2.05, 4.69) is 15.4 Å². The number of thiophene rings is 1. The molecule has 1 aromatic carbocycles. The molecular weight excluding hydrogens is 314 g/mol. The van der Waals surface area contributed by atoms with Gasteiger partial charge in [-0.05, 0) is 25.1 Å². The minimum absolute atomic E-state index is 0.00956. The van der Waals surface area contributed by atoms with Crippen molar-refractivity contribution in [2.24, 2.45) is 5.73 Å². The van der Waals surface area contributed by atoms with Gasteiger partial charge in [-0.1, -0.05) is 18.2 Å². The number of hydrogen-bond donors (Lipinski definition) is 2. The van der Waals surface area contributed by atoms with Gasteiger partial charge in [0.2, 0.25) is 5.82 Å². The Hall–Kier alpha value is -3.00. The van der Waals surface area contributed by atoms with E-state index in [1.165, 1.54) is 22.3 Å². The molecule has 3 rings (SSSR count). The number of hydrogen-bond acceptors (Lipinski definition) is 5. The van der Waals surface area contributed by atoms with Crippen molar-refractivity contribution in [2.75, 3.05) is 5.32 Å². The lowest BCUT2D eigenvalue weighted by Crippen LogP contribution is -2.17. The smallest absolute Gasteiger partial charge is 0.295 e. The average molecular weight is 327 g/mol. The first-order valence-corrected chi connectivity index (χ1v) is 7.55. The summed E-state index contributed by atoms with van der Waals surface area (Å²) in [5.41, 5.74) is 6.38. The topological polar surface area (TPSA) is 103 Å². The minimum atomic E-state index is -0.590. The Morgan fingerprint density at radius 3 is 2.70 bits per heavy atom. The van der Waals surface area contributed by atoms with Crippen LogP contribution in [0.2, 0.25) is 0 Å². The first-order valence-electron chi connectivity index (χ1n) is 6.73. The highest BCUT2D eigenvalue weighted by atomic mass is 32.1. The molecule has 2 aromatic heterocycles. The van der Waals surface area contributed by atoms with Crippen LogP contribution in [0.5, 0.6) is 0 Å². The fourth-order valence-electron chi connectivity index (χ4n) is 2.02. The molecule has 0 saturated carbocycles. The fraction of sp³-hybridized carbons (Fsp3) is 0.0667. The van der Waals surface area contributed by atoms with E-state index >= 15 is 0 Å². The lowest BCUT2D eigenvalue weighted by atomic mass is 10.3. The van der Waals surface area contributed by atoms with E-state index < -0.39 is 11.8 Å². The second kappa shape index (κ2) is 6.01. The maximum absolute atomic E-state index is 12.2. The summed E-state index contributed by atoms with van der Waals surface area (Å²) in [6, 6.07) is 11.0. The van der Waals surface area contributed by atoms with E-state index in [-0.39, 0.29) is 11.4 Å². The Labute approximate surface area is 135 Å². The molecule has 0 atom stereocenters. The highest BCUT2D eigenvalue weighted by molar-refractivity contribution is 7.16. The molecule has 8 heteroatoms. The largest absolute Gasteiger partial charge is 0.366 e. The number of nitrogens with two attached hydrogens (primary N) is 1. The summed E-state index contributed by atoms with van der Waals surface area (Å²) in [6.07, 6.45) is 1.46. The number of amides is 2. The number of rotatable bonds is 4. The van der Waals surface area contributed by atoms with Crippen molar-refractivity contribution < 1.29 is 9.59 Å². The molecule has 3 aromatic rings.